The lowest BCUT2D eigenvalue weighted by molar-refractivity contribution is 0.0931. The van der Waals surface area contributed by atoms with Crippen LogP contribution in [0.5, 0.6) is 0 Å². The molecule has 22 heavy (non-hydrogen) atoms. The SMILES string of the molecule is CCS(=O)(=O)N1CC(CNC(=O)c2cccc3cc[nH]c23)C1. The first-order chi connectivity index (χ1) is 10.5. The Bertz CT molecular complexity index is 791. The third-order valence-electron chi connectivity index (χ3n) is 4.07. The molecule has 0 saturated carbocycles. The number of amides is 1. The topological polar surface area (TPSA) is 82.3 Å². The molecule has 1 aromatic heterocycles. The van der Waals surface area contributed by atoms with Gasteiger partial charge >= 0.3 is 0 Å². The number of rotatable bonds is 5. The number of H-pyrrole nitrogens is 1. The van der Waals surface area contributed by atoms with Crippen molar-refractivity contribution in [1.82, 2.24) is 14.6 Å². The number of para-hydroxylation sites is 1. The summed E-state index contributed by atoms with van der Waals surface area (Å²) >= 11 is 0. The second-order valence-electron chi connectivity index (χ2n) is 5.54. The summed E-state index contributed by atoms with van der Waals surface area (Å²) in [5, 5.41) is 3.89. The van der Waals surface area contributed by atoms with Crippen LogP contribution in [0.25, 0.3) is 10.9 Å². The normalized spacial score (nSPS) is 16.6. The van der Waals surface area contributed by atoms with Crippen molar-refractivity contribution in [3.63, 3.8) is 0 Å². The number of carbonyl (C=O) groups excluding carboxylic acids is 1. The average molecular weight is 321 g/mol. The molecule has 1 fully saturated rings. The van der Waals surface area contributed by atoms with Gasteiger partial charge in [0, 0.05) is 37.1 Å². The van der Waals surface area contributed by atoms with Crippen molar-refractivity contribution in [3.05, 3.63) is 36.0 Å². The van der Waals surface area contributed by atoms with Gasteiger partial charge in [-0.15, -0.1) is 0 Å². The fourth-order valence-corrected chi connectivity index (χ4v) is 3.91. The number of aromatic amines is 1. The molecule has 1 aliphatic rings. The molecule has 1 aliphatic heterocycles. The molecule has 118 valence electrons. The van der Waals surface area contributed by atoms with E-state index in [2.05, 4.69) is 10.3 Å². The second-order valence-corrected chi connectivity index (χ2v) is 7.80. The first-order valence-corrected chi connectivity index (χ1v) is 8.94. The first kappa shape index (κ1) is 15.1. The highest BCUT2D eigenvalue weighted by molar-refractivity contribution is 7.89. The summed E-state index contributed by atoms with van der Waals surface area (Å²) in [6.07, 6.45) is 1.81. The van der Waals surface area contributed by atoms with Crippen LogP contribution < -0.4 is 5.32 Å². The molecule has 1 aromatic carbocycles. The van der Waals surface area contributed by atoms with Crippen LogP contribution in [-0.2, 0) is 10.0 Å². The molecule has 7 heteroatoms. The third kappa shape index (κ3) is 2.74. The second kappa shape index (κ2) is 5.73. The molecule has 1 saturated heterocycles. The summed E-state index contributed by atoms with van der Waals surface area (Å²) in [6.45, 7) is 3.11. The van der Waals surface area contributed by atoms with Gasteiger partial charge in [-0.05, 0) is 19.1 Å². The minimum absolute atomic E-state index is 0.126. The maximum absolute atomic E-state index is 12.3. The van der Waals surface area contributed by atoms with E-state index >= 15 is 0 Å². The highest BCUT2D eigenvalue weighted by atomic mass is 32.2. The van der Waals surface area contributed by atoms with E-state index in [1.165, 1.54) is 4.31 Å². The zero-order valence-electron chi connectivity index (χ0n) is 12.4. The van der Waals surface area contributed by atoms with Crippen molar-refractivity contribution in [1.29, 1.82) is 0 Å². The first-order valence-electron chi connectivity index (χ1n) is 7.33. The Labute approximate surface area is 129 Å². The number of hydrogen-bond acceptors (Lipinski definition) is 3. The van der Waals surface area contributed by atoms with E-state index in [-0.39, 0.29) is 17.6 Å². The van der Waals surface area contributed by atoms with E-state index in [1.807, 2.05) is 18.2 Å². The molecule has 2 heterocycles. The third-order valence-corrected chi connectivity index (χ3v) is 5.88. The molecule has 0 unspecified atom stereocenters. The zero-order chi connectivity index (χ0) is 15.7. The van der Waals surface area contributed by atoms with E-state index in [1.54, 1.807) is 19.2 Å². The molecule has 6 nitrogen and oxygen atoms in total. The predicted molar refractivity (Wildman–Crippen MR) is 85.2 cm³/mol. The van der Waals surface area contributed by atoms with Gasteiger partial charge in [-0.25, -0.2) is 12.7 Å². The summed E-state index contributed by atoms with van der Waals surface area (Å²) in [4.78, 5) is 15.3. The van der Waals surface area contributed by atoms with Crippen molar-refractivity contribution < 1.29 is 13.2 Å². The molecular weight excluding hydrogens is 302 g/mol. The Morgan fingerprint density at radius 1 is 1.36 bits per heavy atom. The van der Waals surface area contributed by atoms with Crippen LogP contribution in [0.3, 0.4) is 0 Å². The van der Waals surface area contributed by atoms with Gasteiger partial charge in [0.25, 0.3) is 5.91 Å². The average Bonchev–Trinajstić information content (AvgIpc) is 2.93. The van der Waals surface area contributed by atoms with Gasteiger partial charge in [0.2, 0.25) is 10.0 Å². The van der Waals surface area contributed by atoms with Crippen LogP contribution >= 0.6 is 0 Å². The van der Waals surface area contributed by atoms with Crippen LogP contribution in [0, 0.1) is 5.92 Å². The highest BCUT2D eigenvalue weighted by Crippen LogP contribution is 2.20. The van der Waals surface area contributed by atoms with E-state index in [0.29, 0.717) is 25.2 Å². The van der Waals surface area contributed by atoms with E-state index in [9.17, 15) is 13.2 Å². The van der Waals surface area contributed by atoms with Gasteiger partial charge in [0.15, 0.2) is 0 Å². The van der Waals surface area contributed by atoms with Gasteiger partial charge < -0.3 is 10.3 Å². The fraction of sp³-hybridized carbons (Fsp3) is 0.400. The number of sulfonamides is 1. The van der Waals surface area contributed by atoms with Crippen LogP contribution in [0.4, 0.5) is 0 Å². The Morgan fingerprint density at radius 3 is 2.86 bits per heavy atom. The van der Waals surface area contributed by atoms with Crippen molar-refractivity contribution >= 4 is 26.8 Å². The lowest BCUT2D eigenvalue weighted by Gasteiger charge is -2.37. The molecule has 0 atom stereocenters. The minimum atomic E-state index is -3.09. The number of aromatic nitrogens is 1. The summed E-state index contributed by atoms with van der Waals surface area (Å²) in [5.41, 5.74) is 1.43. The predicted octanol–water partition coefficient (Wildman–Crippen LogP) is 1.18. The number of benzene rings is 1. The number of nitrogens with one attached hydrogen (secondary N) is 2. The summed E-state index contributed by atoms with van der Waals surface area (Å²) < 4.78 is 24.7. The van der Waals surface area contributed by atoms with Crippen molar-refractivity contribution in [3.8, 4) is 0 Å². The number of carbonyl (C=O) groups is 1. The molecule has 2 aromatic rings. The van der Waals surface area contributed by atoms with E-state index in [4.69, 9.17) is 0 Å². The van der Waals surface area contributed by atoms with Crippen molar-refractivity contribution in [2.45, 2.75) is 6.92 Å². The van der Waals surface area contributed by atoms with Crippen LogP contribution in [0.2, 0.25) is 0 Å². The minimum Gasteiger partial charge on any atom is -0.361 e. The number of fused-ring (bicyclic) bond motifs is 1. The molecule has 3 rings (SSSR count). The van der Waals surface area contributed by atoms with Crippen LogP contribution in [0.1, 0.15) is 17.3 Å². The Hall–Kier alpha value is -1.86. The van der Waals surface area contributed by atoms with Crippen LogP contribution in [0.15, 0.2) is 30.5 Å². The summed E-state index contributed by atoms with van der Waals surface area (Å²) in [6, 6.07) is 7.50. The van der Waals surface area contributed by atoms with Gasteiger partial charge in [0.05, 0.1) is 16.8 Å². The summed E-state index contributed by atoms with van der Waals surface area (Å²) in [5.74, 6) is 0.180. The largest absolute Gasteiger partial charge is 0.361 e. The maximum atomic E-state index is 12.3. The standard InChI is InChI=1S/C15H19N3O3S/c1-2-22(20,21)18-9-11(10-18)8-17-15(19)13-5-3-4-12-6-7-16-14(12)13/h3-7,11,16H,2,8-10H2,1H3,(H,17,19). The molecule has 0 radical (unpaired) electrons. The Morgan fingerprint density at radius 2 is 2.14 bits per heavy atom. The summed E-state index contributed by atoms with van der Waals surface area (Å²) in [7, 11) is -3.09. The van der Waals surface area contributed by atoms with Gasteiger partial charge in [0.1, 0.15) is 0 Å². The van der Waals surface area contributed by atoms with Gasteiger partial charge in [-0.3, -0.25) is 4.79 Å². The molecule has 1 amide bonds. The monoisotopic (exact) mass is 321 g/mol. The van der Waals surface area contributed by atoms with E-state index < -0.39 is 10.0 Å². The Kier molecular flexibility index (Phi) is 3.92. The van der Waals surface area contributed by atoms with Crippen molar-refractivity contribution in [2.75, 3.05) is 25.4 Å². The quantitative estimate of drug-likeness (QED) is 0.867. The number of hydrogen-bond donors (Lipinski definition) is 2. The molecule has 2 N–H and O–H groups in total. The lowest BCUT2D eigenvalue weighted by Crippen LogP contribution is -2.54. The molecule has 0 aliphatic carbocycles. The lowest BCUT2D eigenvalue weighted by atomic mass is 10.0. The van der Waals surface area contributed by atoms with Crippen molar-refractivity contribution in [2.24, 2.45) is 5.92 Å². The van der Waals surface area contributed by atoms with E-state index in [0.717, 1.165) is 10.9 Å². The number of nitrogens with zero attached hydrogens (tertiary/aromatic N) is 1. The smallest absolute Gasteiger partial charge is 0.253 e. The van der Waals surface area contributed by atoms with Gasteiger partial charge in [-0.1, -0.05) is 12.1 Å². The highest BCUT2D eigenvalue weighted by Gasteiger charge is 2.34. The van der Waals surface area contributed by atoms with Gasteiger partial charge in [-0.2, -0.15) is 0 Å². The molecule has 0 bridgehead atoms. The molecule has 0 spiro atoms. The Balaban J connectivity index is 1.57. The maximum Gasteiger partial charge on any atom is 0.253 e. The van der Waals surface area contributed by atoms with Crippen LogP contribution in [-0.4, -0.2) is 49.0 Å². The fourth-order valence-electron chi connectivity index (χ4n) is 2.67. The zero-order valence-corrected chi connectivity index (χ0v) is 13.2. The molecular formula is C15H19N3O3S.